The average molecular weight is 391 g/mol. The Bertz CT molecular complexity index is 922. The van der Waals surface area contributed by atoms with Crippen LogP contribution in [0.15, 0.2) is 73.1 Å². The van der Waals surface area contributed by atoms with E-state index in [4.69, 9.17) is 9.47 Å². The average Bonchev–Trinajstić information content (AvgIpc) is 3.28. The zero-order valence-electron chi connectivity index (χ0n) is 16.5. The van der Waals surface area contributed by atoms with E-state index in [-0.39, 0.29) is 5.91 Å². The quantitative estimate of drug-likeness (QED) is 0.423. The summed E-state index contributed by atoms with van der Waals surface area (Å²) in [6.07, 6.45) is 7.80. The predicted molar refractivity (Wildman–Crippen MR) is 113 cm³/mol. The number of benzene rings is 2. The van der Waals surface area contributed by atoms with Crippen molar-refractivity contribution in [3.63, 3.8) is 0 Å². The molecule has 1 heterocycles. The van der Waals surface area contributed by atoms with Crippen molar-refractivity contribution in [1.82, 2.24) is 15.1 Å². The number of aromatic nitrogens is 2. The van der Waals surface area contributed by atoms with Crippen molar-refractivity contribution < 1.29 is 14.3 Å². The van der Waals surface area contributed by atoms with Crippen LogP contribution in [-0.2, 0) is 17.9 Å². The molecular formula is C23H25N3O3. The number of para-hydroxylation sites is 1. The summed E-state index contributed by atoms with van der Waals surface area (Å²) in [7, 11) is 1.63. The number of carbonyl (C=O) groups is 1. The lowest BCUT2D eigenvalue weighted by Crippen LogP contribution is -2.23. The minimum absolute atomic E-state index is 0.122. The van der Waals surface area contributed by atoms with Gasteiger partial charge >= 0.3 is 0 Å². The summed E-state index contributed by atoms with van der Waals surface area (Å²) in [4.78, 5) is 12.0. The summed E-state index contributed by atoms with van der Waals surface area (Å²) < 4.78 is 13.1. The van der Waals surface area contributed by atoms with Crippen LogP contribution >= 0.6 is 0 Å². The Morgan fingerprint density at radius 3 is 2.79 bits per heavy atom. The molecule has 0 saturated carbocycles. The first-order chi connectivity index (χ1) is 14.2. The number of aryl methyl sites for hydroxylation is 1. The third-order valence-electron chi connectivity index (χ3n) is 4.29. The Kier molecular flexibility index (Phi) is 7.46. The maximum atomic E-state index is 12.0. The number of rotatable bonds is 10. The minimum Gasteiger partial charge on any atom is -0.496 e. The van der Waals surface area contributed by atoms with Gasteiger partial charge < -0.3 is 14.8 Å². The molecule has 3 aromatic rings. The monoisotopic (exact) mass is 391 g/mol. The molecule has 0 radical (unpaired) electrons. The first-order valence-electron chi connectivity index (χ1n) is 9.53. The van der Waals surface area contributed by atoms with Gasteiger partial charge in [0.05, 0.1) is 7.11 Å². The predicted octanol–water partition coefficient (Wildman–Crippen LogP) is 3.69. The highest BCUT2D eigenvalue weighted by atomic mass is 16.5. The molecule has 0 fully saturated rings. The normalized spacial score (nSPS) is 10.8. The minimum atomic E-state index is -0.122. The van der Waals surface area contributed by atoms with Crippen molar-refractivity contribution in [2.45, 2.75) is 19.6 Å². The standard InChI is InChI=1S/C23H25N3O3/c1-28-22-11-9-19(17-20(22)18-29-21-7-3-2-4-8-21)10-12-23(27)24-13-5-15-26-16-6-14-25-26/h2-4,6-12,14,16-17H,5,13,15,18H2,1H3,(H,24,27)/b12-10+. The molecule has 29 heavy (non-hydrogen) atoms. The van der Waals surface area contributed by atoms with Crippen LogP contribution in [0.3, 0.4) is 0 Å². The molecule has 1 N–H and O–H groups in total. The van der Waals surface area contributed by atoms with Crippen LogP contribution in [0.25, 0.3) is 6.08 Å². The molecule has 3 rings (SSSR count). The highest BCUT2D eigenvalue weighted by molar-refractivity contribution is 5.91. The summed E-state index contributed by atoms with van der Waals surface area (Å²) in [5.41, 5.74) is 1.82. The number of carbonyl (C=O) groups excluding carboxylic acids is 1. The Morgan fingerprint density at radius 2 is 2.03 bits per heavy atom. The summed E-state index contributed by atoms with van der Waals surface area (Å²) in [5, 5.41) is 7.02. The fourth-order valence-electron chi connectivity index (χ4n) is 2.81. The van der Waals surface area contributed by atoms with Gasteiger partial charge in [-0.2, -0.15) is 5.10 Å². The second-order valence-corrected chi connectivity index (χ2v) is 6.42. The van der Waals surface area contributed by atoms with Gasteiger partial charge in [-0.3, -0.25) is 9.48 Å². The van der Waals surface area contributed by atoms with E-state index >= 15 is 0 Å². The highest BCUT2D eigenvalue weighted by Gasteiger charge is 2.05. The molecule has 0 bridgehead atoms. The van der Waals surface area contributed by atoms with Gasteiger partial charge in [0.25, 0.3) is 0 Å². The Balaban J connectivity index is 1.51. The van der Waals surface area contributed by atoms with Crippen molar-refractivity contribution in [1.29, 1.82) is 0 Å². The number of hydrogen-bond donors (Lipinski definition) is 1. The third-order valence-corrected chi connectivity index (χ3v) is 4.29. The van der Waals surface area contributed by atoms with Gasteiger partial charge in [-0.1, -0.05) is 24.3 Å². The van der Waals surface area contributed by atoms with E-state index in [1.807, 2.05) is 65.5 Å². The molecule has 0 aliphatic carbocycles. The SMILES string of the molecule is COc1ccc(/C=C/C(=O)NCCCn2cccn2)cc1COc1ccccc1. The first kappa shape index (κ1) is 20.2. The molecule has 0 aliphatic heterocycles. The van der Waals surface area contributed by atoms with Crippen molar-refractivity contribution in [2.24, 2.45) is 0 Å². The molecule has 0 unspecified atom stereocenters. The summed E-state index contributed by atoms with van der Waals surface area (Å²) in [6.45, 7) is 1.76. The van der Waals surface area contributed by atoms with E-state index in [1.165, 1.54) is 6.08 Å². The number of hydrogen-bond acceptors (Lipinski definition) is 4. The van der Waals surface area contributed by atoms with Crippen LogP contribution in [-0.4, -0.2) is 29.3 Å². The summed E-state index contributed by atoms with van der Waals surface area (Å²) >= 11 is 0. The zero-order valence-corrected chi connectivity index (χ0v) is 16.5. The second-order valence-electron chi connectivity index (χ2n) is 6.42. The molecule has 0 spiro atoms. The van der Waals surface area contributed by atoms with Crippen LogP contribution in [0.1, 0.15) is 17.5 Å². The molecule has 6 heteroatoms. The lowest BCUT2D eigenvalue weighted by Gasteiger charge is -2.11. The maximum absolute atomic E-state index is 12.0. The largest absolute Gasteiger partial charge is 0.496 e. The second kappa shape index (κ2) is 10.7. The summed E-state index contributed by atoms with van der Waals surface area (Å²) in [6, 6.07) is 17.3. The molecular weight excluding hydrogens is 366 g/mol. The van der Waals surface area contributed by atoms with Crippen LogP contribution in [0.5, 0.6) is 11.5 Å². The van der Waals surface area contributed by atoms with Crippen LogP contribution in [0.4, 0.5) is 0 Å². The molecule has 6 nitrogen and oxygen atoms in total. The molecule has 0 aliphatic rings. The van der Waals surface area contributed by atoms with Gasteiger partial charge in [-0.15, -0.1) is 0 Å². The first-order valence-corrected chi connectivity index (χ1v) is 9.53. The van der Waals surface area contributed by atoms with Gasteiger partial charge in [0.2, 0.25) is 5.91 Å². The topological polar surface area (TPSA) is 65.4 Å². The number of ether oxygens (including phenoxy) is 2. The van der Waals surface area contributed by atoms with Crippen LogP contribution in [0, 0.1) is 0 Å². The lowest BCUT2D eigenvalue weighted by molar-refractivity contribution is -0.116. The molecule has 0 atom stereocenters. The number of nitrogens with one attached hydrogen (secondary N) is 1. The molecule has 150 valence electrons. The smallest absolute Gasteiger partial charge is 0.244 e. The number of amides is 1. The lowest BCUT2D eigenvalue weighted by atomic mass is 10.1. The highest BCUT2D eigenvalue weighted by Crippen LogP contribution is 2.22. The van der Waals surface area contributed by atoms with Crippen molar-refractivity contribution >= 4 is 12.0 Å². The Morgan fingerprint density at radius 1 is 1.17 bits per heavy atom. The number of nitrogens with zero attached hydrogens (tertiary/aromatic N) is 2. The summed E-state index contributed by atoms with van der Waals surface area (Å²) in [5.74, 6) is 1.43. The van der Waals surface area contributed by atoms with E-state index in [1.54, 1.807) is 19.4 Å². The van der Waals surface area contributed by atoms with Crippen LogP contribution < -0.4 is 14.8 Å². The van der Waals surface area contributed by atoms with Crippen molar-refractivity contribution in [2.75, 3.05) is 13.7 Å². The fraction of sp³-hybridized carbons (Fsp3) is 0.217. The fourth-order valence-corrected chi connectivity index (χ4v) is 2.81. The van der Waals surface area contributed by atoms with Gasteiger partial charge in [0, 0.05) is 37.1 Å². The molecule has 1 amide bonds. The maximum Gasteiger partial charge on any atom is 0.244 e. The van der Waals surface area contributed by atoms with Crippen LogP contribution in [0.2, 0.25) is 0 Å². The van der Waals surface area contributed by atoms with E-state index < -0.39 is 0 Å². The van der Waals surface area contributed by atoms with Crippen molar-refractivity contribution in [3.05, 3.63) is 84.2 Å². The van der Waals surface area contributed by atoms with E-state index in [0.717, 1.165) is 35.6 Å². The van der Waals surface area contributed by atoms with E-state index in [2.05, 4.69) is 10.4 Å². The van der Waals surface area contributed by atoms with E-state index in [0.29, 0.717) is 13.2 Å². The van der Waals surface area contributed by atoms with E-state index in [9.17, 15) is 4.79 Å². The third kappa shape index (κ3) is 6.53. The Hall–Kier alpha value is -3.54. The zero-order chi connectivity index (χ0) is 20.3. The van der Waals surface area contributed by atoms with Gasteiger partial charge in [0.1, 0.15) is 18.1 Å². The van der Waals surface area contributed by atoms with Gasteiger partial charge in [-0.25, -0.2) is 0 Å². The molecule has 0 saturated heterocycles. The van der Waals surface area contributed by atoms with Gasteiger partial charge in [0.15, 0.2) is 0 Å². The molecule has 2 aromatic carbocycles. The Labute approximate surface area is 170 Å². The van der Waals surface area contributed by atoms with Gasteiger partial charge in [-0.05, 0) is 48.4 Å². The van der Waals surface area contributed by atoms with Crippen molar-refractivity contribution in [3.8, 4) is 11.5 Å². The number of methoxy groups -OCH3 is 1. The molecule has 1 aromatic heterocycles.